The van der Waals surface area contributed by atoms with Gasteiger partial charge in [0.2, 0.25) is 0 Å². The van der Waals surface area contributed by atoms with Crippen LogP contribution in [-0.2, 0) is 9.84 Å². The maximum absolute atomic E-state index is 11.9. The Morgan fingerprint density at radius 3 is 2.00 bits per heavy atom. The van der Waals surface area contributed by atoms with Crippen molar-refractivity contribution in [1.82, 2.24) is 4.90 Å². The van der Waals surface area contributed by atoms with Gasteiger partial charge in [-0.25, -0.2) is 8.42 Å². The van der Waals surface area contributed by atoms with Crippen LogP contribution in [0.2, 0.25) is 0 Å². The van der Waals surface area contributed by atoms with Gasteiger partial charge in [0.05, 0.1) is 5.69 Å². The van der Waals surface area contributed by atoms with Crippen LogP contribution in [-0.4, -0.2) is 53.7 Å². The number of sulfone groups is 1. The van der Waals surface area contributed by atoms with Gasteiger partial charge in [-0.15, -0.1) is 11.3 Å². The van der Waals surface area contributed by atoms with Crippen LogP contribution < -0.4 is 10.6 Å². The standard InChI is InChI=1S/C10H17N3O3S2/c1-12(2)9(14)7-6(11)8(18(5,15)16)10(17-7)13(3)4/h11H2,1-5H3. The molecule has 0 fully saturated rings. The summed E-state index contributed by atoms with van der Waals surface area (Å²) in [6.45, 7) is 0. The number of carbonyl (C=O) groups is 1. The lowest BCUT2D eigenvalue weighted by Crippen LogP contribution is -2.21. The molecule has 0 spiro atoms. The van der Waals surface area contributed by atoms with Crippen molar-refractivity contribution >= 4 is 37.8 Å². The van der Waals surface area contributed by atoms with Gasteiger partial charge in [-0.2, -0.15) is 0 Å². The molecular weight excluding hydrogens is 274 g/mol. The van der Waals surface area contributed by atoms with Gasteiger partial charge in [-0.05, 0) is 0 Å². The number of amides is 1. The zero-order valence-corrected chi connectivity index (χ0v) is 12.6. The Bertz CT molecular complexity index is 573. The molecule has 1 aromatic heterocycles. The SMILES string of the molecule is CN(C)C(=O)c1sc(N(C)C)c(S(C)(=O)=O)c1N. The van der Waals surface area contributed by atoms with Crippen LogP contribution in [0.25, 0.3) is 0 Å². The Kier molecular flexibility index (Phi) is 3.92. The molecule has 1 amide bonds. The molecule has 0 aliphatic rings. The van der Waals surface area contributed by atoms with Gasteiger partial charge in [0, 0.05) is 34.4 Å². The molecule has 0 aliphatic carbocycles. The predicted molar refractivity (Wildman–Crippen MR) is 74.2 cm³/mol. The Hall–Kier alpha value is -1.28. The Balaban J connectivity index is 3.58. The van der Waals surface area contributed by atoms with Gasteiger partial charge in [-0.1, -0.05) is 0 Å². The molecule has 18 heavy (non-hydrogen) atoms. The highest BCUT2D eigenvalue weighted by Crippen LogP contribution is 2.40. The van der Waals surface area contributed by atoms with Crippen molar-refractivity contribution < 1.29 is 13.2 Å². The number of thiophene rings is 1. The molecule has 0 atom stereocenters. The maximum atomic E-state index is 11.9. The zero-order chi connectivity index (χ0) is 14.2. The molecule has 1 aromatic rings. The number of nitrogen functional groups attached to an aromatic ring is 1. The summed E-state index contributed by atoms with van der Waals surface area (Å²) in [5.41, 5.74) is 5.86. The Labute approximate surface area is 111 Å². The minimum absolute atomic E-state index is 0.0303. The van der Waals surface area contributed by atoms with Gasteiger partial charge in [-0.3, -0.25) is 4.79 Å². The highest BCUT2D eigenvalue weighted by atomic mass is 32.2. The van der Waals surface area contributed by atoms with Crippen LogP contribution in [0.3, 0.4) is 0 Å². The monoisotopic (exact) mass is 291 g/mol. The fourth-order valence-corrected chi connectivity index (χ4v) is 4.14. The second-order valence-electron chi connectivity index (χ2n) is 4.35. The number of hydrogen-bond acceptors (Lipinski definition) is 6. The first-order valence-electron chi connectivity index (χ1n) is 5.08. The van der Waals surface area contributed by atoms with Crippen LogP contribution in [0.5, 0.6) is 0 Å². The van der Waals surface area contributed by atoms with Crippen LogP contribution in [0.15, 0.2) is 4.90 Å². The number of rotatable bonds is 3. The molecule has 0 unspecified atom stereocenters. The smallest absolute Gasteiger partial charge is 0.265 e. The van der Waals surface area contributed by atoms with E-state index in [1.165, 1.54) is 4.90 Å². The van der Waals surface area contributed by atoms with E-state index in [1.807, 2.05) is 0 Å². The number of hydrogen-bond donors (Lipinski definition) is 1. The molecule has 6 nitrogen and oxygen atoms in total. The van der Waals surface area contributed by atoms with Crippen molar-refractivity contribution in [2.24, 2.45) is 0 Å². The number of anilines is 2. The average molecular weight is 291 g/mol. The minimum atomic E-state index is -3.47. The summed E-state index contributed by atoms with van der Waals surface area (Å²) in [6, 6.07) is 0. The van der Waals surface area contributed by atoms with Crippen LogP contribution in [0.4, 0.5) is 10.7 Å². The Morgan fingerprint density at radius 2 is 1.72 bits per heavy atom. The van der Waals surface area contributed by atoms with E-state index in [0.717, 1.165) is 17.6 Å². The predicted octanol–water partition coefficient (Wildman–Crippen LogP) is 0.502. The lowest BCUT2D eigenvalue weighted by atomic mass is 10.3. The third kappa shape index (κ3) is 2.59. The lowest BCUT2D eigenvalue weighted by Gasteiger charge is -2.11. The molecule has 0 aliphatic heterocycles. The minimum Gasteiger partial charge on any atom is -0.396 e. The molecule has 0 saturated carbocycles. The molecule has 2 N–H and O–H groups in total. The second kappa shape index (κ2) is 4.77. The molecule has 102 valence electrons. The first-order valence-corrected chi connectivity index (χ1v) is 7.79. The van der Waals surface area contributed by atoms with E-state index in [2.05, 4.69) is 0 Å². The van der Waals surface area contributed by atoms with Gasteiger partial charge >= 0.3 is 0 Å². The second-order valence-corrected chi connectivity index (χ2v) is 7.30. The molecular formula is C10H17N3O3S2. The molecule has 8 heteroatoms. The third-order valence-corrected chi connectivity index (χ3v) is 4.90. The topological polar surface area (TPSA) is 83.7 Å². The van der Waals surface area contributed by atoms with Crippen LogP contribution in [0.1, 0.15) is 9.67 Å². The summed E-state index contributed by atoms with van der Waals surface area (Å²) in [5.74, 6) is -0.296. The summed E-state index contributed by atoms with van der Waals surface area (Å²) in [6.07, 6.45) is 1.09. The van der Waals surface area contributed by atoms with Gasteiger partial charge in [0.25, 0.3) is 5.91 Å². The fourth-order valence-electron chi connectivity index (χ4n) is 1.43. The number of nitrogens with zero attached hydrogens (tertiary/aromatic N) is 2. The highest BCUT2D eigenvalue weighted by Gasteiger charge is 2.28. The third-order valence-electron chi connectivity index (χ3n) is 2.26. The van der Waals surface area contributed by atoms with E-state index in [0.29, 0.717) is 5.00 Å². The van der Waals surface area contributed by atoms with Crippen molar-refractivity contribution in [2.45, 2.75) is 4.90 Å². The molecule has 0 radical (unpaired) electrons. The van der Waals surface area contributed by atoms with Crippen molar-refractivity contribution in [3.8, 4) is 0 Å². The van der Waals surface area contributed by atoms with E-state index in [9.17, 15) is 13.2 Å². The molecule has 1 rings (SSSR count). The summed E-state index contributed by atoms with van der Waals surface area (Å²) in [7, 11) is 3.14. The summed E-state index contributed by atoms with van der Waals surface area (Å²) >= 11 is 1.09. The first-order chi connectivity index (χ1) is 8.07. The van der Waals surface area contributed by atoms with E-state index >= 15 is 0 Å². The first kappa shape index (κ1) is 14.8. The lowest BCUT2D eigenvalue weighted by molar-refractivity contribution is 0.0833. The van der Waals surface area contributed by atoms with E-state index < -0.39 is 9.84 Å². The number of nitrogens with two attached hydrogens (primary N) is 1. The maximum Gasteiger partial charge on any atom is 0.265 e. The molecule has 0 bridgehead atoms. The normalized spacial score (nSPS) is 11.4. The van der Waals surface area contributed by atoms with E-state index in [-0.39, 0.29) is 21.4 Å². The van der Waals surface area contributed by atoms with Gasteiger partial charge in [0.15, 0.2) is 9.84 Å². The quantitative estimate of drug-likeness (QED) is 0.877. The molecule has 1 heterocycles. The summed E-state index contributed by atoms with van der Waals surface area (Å²) in [4.78, 5) is 15.2. The zero-order valence-electron chi connectivity index (χ0n) is 11.0. The fraction of sp³-hybridized carbons (Fsp3) is 0.500. The number of carbonyl (C=O) groups excluding carboxylic acids is 1. The van der Waals surface area contributed by atoms with Gasteiger partial charge in [0.1, 0.15) is 14.8 Å². The van der Waals surface area contributed by atoms with Crippen LogP contribution >= 0.6 is 11.3 Å². The van der Waals surface area contributed by atoms with Crippen molar-refractivity contribution in [1.29, 1.82) is 0 Å². The average Bonchev–Trinajstić information content (AvgIpc) is 2.54. The van der Waals surface area contributed by atoms with Gasteiger partial charge < -0.3 is 15.5 Å². The van der Waals surface area contributed by atoms with Crippen molar-refractivity contribution in [3.63, 3.8) is 0 Å². The van der Waals surface area contributed by atoms with Crippen molar-refractivity contribution in [2.75, 3.05) is 45.1 Å². The largest absolute Gasteiger partial charge is 0.396 e. The van der Waals surface area contributed by atoms with Crippen LogP contribution in [0, 0.1) is 0 Å². The molecule has 0 saturated heterocycles. The summed E-state index contributed by atoms with van der Waals surface area (Å²) < 4.78 is 23.5. The van der Waals surface area contributed by atoms with E-state index in [1.54, 1.807) is 33.1 Å². The summed E-state index contributed by atoms with van der Waals surface area (Å²) in [5, 5.41) is 0.472. The Morgan fingerprint density at radius 1 is 1.22 bits per heavy atom. The highest BCUT2D eigenvalue weighted by molar-refractivity contribution is 7.91. The van der Waals surface area contributed by atoms with Crippen molar-refractivity contribution in [3.05, 3.63) is 4.88 Å². The molecule has 0 aromatic carbocycles. The van der Waals surface area contributed by atoms with E-state index in [4.69, 9.17) is 5.73 Å².